The molecule has 0 bridgehead atoms. The van der Waals surface area contributed by atoms with Crippen molar-refractivity contribution in [3.8, 4) is 0 Å². The van der Waals surface area contributed by atoms with Crippen LogP contribution in [-0.4, -0.2) is 5.78 Å². The number of hydrogen-bond acceptors (Lipinski definition) is 2. The molecule has 0 N–H and O–H groups in total. The molecule has 0 fully saturated rings. The Kier molecular flexibility index (Phi) is 3.70. The van der Waals surface area contributed by atoms with Crippen molar-refractivity contribution in [2.45, 2.75) is 19.3 Å². The number of rotatable bonds is 5. The predicted octanol–water partition coefficient (Wildman–Crippen LogP) is 3.16. The van der Waals surface area contributed by atoms with Crippen molar-refractivity contribution < 1.29 is 13.6 Å². The van der Waals surface area contributed by atoms with E-state index in [1.165, 1.54) is 12.1 Å². The fourth-order valence-electron chi connectivity index (χ4n) is 1.64. The van der Waals surface area contributed by atoms with Crippen LogP contribution < -0.4 is 0 Å². The number of furan rings is 1. The molecule has 0 amide bonds. The summed E-state index contributed by atoms with van der Waals surface area (Å²) < 4.78 is 17.8. The molecule has 3 heteroatoms. The zero-order valence-corrected chi connectivity index (χ0v) is 9.36. The first-order valence-corrected chi connectivity index (χ1v) is 5.52. The Hall–Kier alpha value is -1.90. The van der Waals surface area contributed by atoms with Crippen LogP contribution in [0.25, 0.3) is 0 Å². The molecule has 88 valence electrons. The van der Waals surface area contributed by atoms with Crippen molar-refractivity contribution in [1.29, 1.82) is 0 Å². The highest BCUT2D eigenvalue weighted by atomic mass is 19.1. The number of carbonyl (C=O) groups is 1. The van der Waals surface area contributed by atoms with Gasteiger partial charge in [-0.15, -0.1) is 0 Å². The molecule has 0 aliphatic carbocycles. The Balaban J connectivity index is 1.83. The van der Waals surface area contributed by atoms with Crippen molar-refractivity contribution in [1.82, 2.24) is 0 Å². The number of hydrogen-bond donors (Lipinski definition) is 0. The number of aryl methyl sites for hydroxylation is 1. The second-order valence-corrected chi connectivity index (χ2v) is 3.92. The van der Waals surface area contributed by atoms with Crippen LogP contribution in [-0.2, 0) is 17.6 Å². The fraction of sp³-hybridized carbons (Fsp3) is 0.214. The molecular formula is C14H13FO2. The van der Waals surface area contributed by atoms with Gasteiger partial charge in [0.25, 0.3) is 0 Å². The van der Waals surface area contributed by atoms with E-state index in [0.717, 1.165) is 11.3 Å². The van der Waals surface area contributed by atoms with Gasteiger partial charge in [0.15, 0.2) is 0 Å². The van der Waals surface area contributed by atoms with Gasteiger partial charge >= 0.3 is 0 Å². The third kappa shape index (κ3) is 3.55. The predicted molar refractivity (Wildman–Crippen MR) is 62.1 cm³/mol. The van der Waals surface area contributed by atoms with Crippen molar-refractivity contribution >= 4 is 5.78 Å². The minimum atomic E-state index is -0.281. The lowest BCUT2D eigenvalue weighted by Gasteiger charge is -2.00. The largest absolute Gasteiger partial charge is 0.469 e. The van der Waals surface area contributed by atoms with Crippen LogP contribution in [0.5, 0.6) is 0 Å². The van der Waals surface area contributed by atoms with E-state index in [2.05, 4.69) is 0 Å². The molecule has 2 rings (SSSR count). The van der Waals surface area contributed by atoms with Gasteiger partial charge < -0.3 is 4.42 Å². The average molecular weight is 232 g/mol. The first kappa shape index (κ1) is 11.6. The third-order valence-electron chi connectivity index (χ3n) is 2.54. The Labute approximate surface area is 99.1 Å². The Morgan fingerprint density at radius 3 is 2.59 bits per heavy atom. The SMILES string of the molecule is O=C(CCc1ccco1)Cc1ccc(F)cc1. The first-order valence-electron chi connectivity index (χ1n) is 5.52. The number of Topliss-reactive ketones (excluding diaryl/α,β-unsaturated/α-hetero) is 1. The topological polar surface area (TPSA) is 30.2 Å². The van der Waals surface area contributed by atoms with Crippen LogP contribution in [0.1, 0.15) is 17.7 Å². The maximum atomic E-state index is 12.7. The van der Waals surface area contributed by atoms with Gasteiger partial charge in [-0.1, -0.05) is 12.1 Å². The van der Waals surface area contributed by atoms with E-state index in [9.17, 15) is 9.18 Å². The highest BCUT2D eigenvalue weighted by molar-refractivity contribution is 5.80. The zero-order chi connectivity index (χ0) is 12.1. The van der Waals surface area contributed by atoms with E-state index in [1.54, 1.807) is 24.5 Å². The summed E-state index contributed by atoms with van der Waals surface area (Å²) in [4.78, 5) is 11.7. The van der Waals surface area contributed by atoms with Crippen LogP contribution in [0.2, 0.25) is 0 Å². The summed E-state index contributed by atoms with van der Waals surface area (Å²) >= 11 is 0. The molecule has 0 aliphatic rings. The van der Waals surface area contributed by atoms with Gasteiger partial charge in [0.05, 0.1) is 6.26 Å². The summed E-state index contributed by atoms with van der Waals surface area (Å²) in [7, 11) is 0. The van der Waals surface area contributed by atoms with E-state index in [0.29, 0.717) is 19.3 Å². The molecule has 0 radical (unpaired) electrons. The number of ketones is 1. The molecular weight excluding hydrogens is 219 g/mol. The molecule has 0 spiro atoms. The second kappa shape index (κ2) is 5.43. The highest BCUT2D eigenvalue weighted by Crippen LogP contribution is 2.08. The van der Waals surface area contributed by atoms with Gasteiger partial charge in [0.1, 0.15) is 17.4 Å². The Morgan fingerprint density at radius 1 is 1.18 bits per heavy atom. The van der Waals surface area contributed by atoms with Crippen LogP contribution >= 0.6 is 0 Å². The zero-order valence-electron chi connectivity index (χ0n) is 9.36. The highest BCUT2D eigenvalue weighted by Gasteiger charge is 2.05. The maximum absolute atomic E-state index is 12.7. The summed E-state index contributed by atoms with van der Waals surface area (Å²) in [5, 5.41) is 0. The molecule has 2 aromatic rings. The molecule has 0 aliphatic heterocycles. The number of benzene rings is 1. The minimum Gasteiger partial charge on any atom is -0.469 e. The summed E-state index contributed by atoms with van der Waals surface area (Å²) in [6, 6.07) is 9.68. The van der Waals surface area contributed by atoms with Crippen LogP contribution in [0.3, 0.4) is 0 Å². The minimum absolute atomic E-state index is 0.132. The van der Waals surface area contributed by atoms with Gasteiger partial charge in [-0.05, 0) is 29.8 Å². The van der Waals surface area contributed by atoms with Gasteiger partial charge in [-0.3, -0.25) is 4.79 Å². The molecule has 0 saturated heterocycles. The van der Waals surface area contributed by atoms with Crippen molar-refractivity contribution in [3.63, 3.8) is 0 Å². The Bertz CT molecular complexity index is 471. The summed E-state index contributed by atoms with van der Waals surface area (Å²) in [5.41, 5.74) is 0.843. The lowest BCUT2D eigenvalue weighted by atomic mass is 10.1. The van der Waals surface area contributed by atoms with Crippen LogP contribution in [0, 0.1) is 5.82 Å². The van der Waals surface area contributed by atoms with E-state index in [4.69, 9.17) is 4.42 Å². The molecule has 17 heavy (non-hydrogen) atoms. The van der Waals surface area contributed by atoms with Crippen LogP contribution in [0.15, 0.2) is 47.1 Å². The average Bonchev–Trinajstić information content (AvgIpc) is 2.83. The van der Waals surface area contributed by atoms with Gasteiger partial charge in [-0.25, -0.2) is 4.39 Å². The van der Waals surface area contributed by atoms with Crippen molar-refractivity contribution in [2.75, 3.05) is 0 Å². The summed E-state index contributed by atoms with van der Waals surface area (Å²) in [6.45, 7) is 0. The molecule has 2 nitrogen and oxygen atoms in total. The lowest BCUT2D eigenvalue weighted by molar-refractivity contribution is -0.118. The van der Waals surface area contributed by atoms with Gasteiger partial charge in [0, 0.05) is 19.3 Å². The summed E-state index contributed by atoms with van der Waals surface area (Å²) in [6.07, 6.45) is 3.01. The van der Waals surface area contributed by atoms with E-state index >= 15 is 0 Å². The quantitative estimate of drug-likeness (QED) is 0.792. The van der Waals surface area contributed by atoms with Gasteiger partial charge in [-0.2, -0.15) is 0 Å². The molecule has 1 aromatic heterocycles. The second-order valence-electron chi connectivity index (χ2n) is 3.92. The molecule has 1 heterocycles. The monoisotopic (exact) mass is 232 g/mol. The molecule has 1 aromatic carbocycles. The van der Waals surface area contributed by atoms with Crippen molar-refractivity contribution in [2.24, 2.45) is 0 Å². The van der Waals surface area contributed by atoms with Gasteiger partial charge in [0.2, 0.25) is 0 Å². The molecule has 0 atom stereocenters. The maximum Gasteiger partial charge on any atom is 0.137 e. The number of halogens is 1. The summed E-state index contributed by atoms with van der Waals surface area (Å²) in [5.74, 6) is 0.669. The third-order valence-corrected chi connectivity index (χ3v) is 2.54. The fourth-order valence-corrected chi connectivity index (χ4v) is 1.64. The normalized spacial score (nSPS) is 10.4. The molecule has 0 saturated carbocycles. The first-order chi connectivity index (χ1) is 8.24. The molecule has 0 unspecified atom stereocenters. The van der Waals surface area contributed by atoms with E-state index in [-0.39, 0.29) is 11.6 Å². The smallest absolute Gasteiger partial charge is 0.137 e. The standard InChI is InChI=1S/C14H13FO2/c15-12-5-3-11(4-6-12)10-13(16)7-8-14-2-1-9-17-14/h1-6,9H,7-8,10H2. The van der Waals surface area contributed by atoms with Crippen LogP contribution in [0.4, 0.5) is 4.39 Å². The number of carbonyl (C=O) groups excluding carboxylic acids is 1. The van der Waals surface area contributed by atoms with E-state index < -0.39 is 0 Å². The lowest BCUT2D eigenvalue weighted by Crippen LogP contribution is -2.04. The Morgan fingerprint density at radius 2 is 1.94 bits per heavy atom. The van der Waals surface area contributed by atoms with Crippen molar-refractivity contribution in [3.05, 3.63) is 59.8 Å². The van der Waals surface area contributed by atoms with E-state index in [1.807, 2.05) is 6.07 Å².